The molecule has 8 heteroatoms. The van der Waals surface area contributed by atoms with E-state index >= 15 is 0 Å². The molecule has 34 heavy (non-hydrogen) atoms. The van der Waals surface area contributed by atoms with E-state index < -0.39 is 0 Å². The van der Waals surface area contributed by atoms with Gasteiger partial charge < -0.3 is 5.32 Å². The van der Waals surface area contributed by atoms with Crippen LogP contribution in [0, 0.1) is 27.7 Å². The summed E-state index contributed by atoms with van der Waals surface area (Å²) in [6, 6.07) is 14.6. The third kappa shape index (κ3) is 4.19. The van der Waals surface area contributed by atoms with Gasteiger partial charge in [-0.1, -0.05) is 53.2 Å². The molecule has 6 nitrogen and oxygen atoms in total. The average molecular weight is 488 g/mol. The number of hydrogen-bond acceptors (Lipinski definition) is 6. The van der Waals surface area contributed by atoms with E-state index in [0.29, 0.717) is 10.3 Å². The van der Waals surface area contributed by atoms with E-state index in [2.05, 4.69) is 76.9 Å². The number of thioether (sulfide) groups is 1. The van der Waals surface area contributed by atoms with Gasteiger partial charge in [0.1, 0.15) is 0 Å². The summed E-state index contributed by atoms with van der Waals surface area (Å²) in [5, 5.41) is 15.8. The maximum absolute atomic E-state index is 13.0. The number of aryl methyl sites for hydroxylation is 4. The van der Waals surface area contributed by atoms with Crippen molar-refractivity contribution in [2.45, 2.75) is 45.0 Å². The number of rotatable bonds is 5. The second kappa shape index (κ2) is 8.85. The summed E-state index contributed by atoms with van der Waals surface area (Å²) in [6.45, 7) is 10.2. The number of aromatic nitrogens is 4. The third-order valence-electron chi connectivity index (χ3n) is 5.83. The number of thiazole rings is 1. The van der Waals surface area contributed by atoms with Crippen LogP contribution in [0.15, 0.2) is 53.0 Å². The van der Waals surface area contributed by atoms with Gasteiger partial charge in [-0.2, -0.15) is 0 Å². The highest BCUT2D eigenvalue weighted by atomic mass is 32.2. The monoisotopic (exact) mass is 487 g/mol. The zero-order chi connectivity index (χ0) is 24.0. The maximum atomic E-state index is 13.0. The number of benzene rings is 2. The Kier molecular flexibility index (Phi) is 5.87. The molecule has 5 rings (SSSR count). The molecule has 0 spiro atoms. The number of nitrogens with zero attached hydrogens (tertiary/aromatic N) is 4. The van der Waals surface area contributed by atoms with Gasteiger partial charge in [0.15, 0.2) is 15.9 Å². The Balaban J connectivity index is 1.39. The number of carbonyl (C=O) groups is 1. The Morgan fingerprint density at radius 3 is 2.53 bits per heavy atom. The van der Waals surface area contributed by atoms with E-state index in [1.165, 1.54) is 39.6 Å². The first-order valence-electron chi connectivity index (χ1n) is 11.1. The Labute approximate surface area is 206 Å². The quantitative estimate of drug-likeness (QED) is 0.292. The Bertz CT molecular complexity index is 1530. The van der Waals surface area contributed by atoms with Crippen LogP contribution in [0.2, 0.25) is 0 Å². The first kappa shape index (κ1) is 22.6. The van der Waals surface area contributed by atoms with Gasteiger partial charge in [0.2, 0.25) is 5.91 Å². The second-order valence-corrected chi connectivity index (χ2v) is 10.8. The highest BCUT2D eigenvalue weighted by molar-refractivity contribution is 8.00. The Morgan fingerprint density at radius 1 is 1.00 bits per heavy atom. The largest absolute Gasteiger partial charge is 0.301 e. The molecule has 3 heterocycles. The van der Waals surface area contributed by atoms with Crippen molar-refractivity contribution < 1.29 is 4.79 Å². The Hall–Kier alpha value is -3.23. The number of anilines is 1. The van der Waals surface area contributed by atoms with Crippen LogP contribution in [0.3, 0.4) is 0 Å². The zero-order valence-electron chi connectivity index (χ0n) is 19.7. The van der Waals surface area contributed by atoms with E-state index in [0.717, 1.165) is 33.5 Å². The van der Waals surface area contributed by atoms with Crippen LogP contribution in [-0.4, -0.2) is 30.7 Å². The minimum Gasteiger partial charge on any atom is -0.301 e. The van der Waals surface area contributed by atoms with Crippen LogP contribution in [-0.2, 0) is 4.79 Å². The first-order chi connectivity index (χ1) is 16.3. The molecule has 3 aromatic heterocycles. The summed E-state index contributed by atoms with van der Waals surface area (Å²) >= 11 is 2.83. The van der Waals surface area contributed by atoms with Crippen molar-refractivity contribution in [1.29, 1.82) is 0 Å². The minimum absolute atomic E-state index is 0.115. The van der Waals surface area contributed by atoms with Crippen molar-refractivity contribution in [2.75, 3.05) is 5.32 Å². The lowest BCUT2D eigenvalue weighted by Crippen LogP contribution is -2.22. The number of pyridine rings is 1. The lowest BCUT2D eigenvalue weighted by atomic mass is 10.0. The van der Waals surface area contributed by atoms with Crippen LogP contribution in [0.25, 0.3) is 27.8 Å². The molecule has 0 bridgehead atoms. The molecule has 5 aromatic rings. The highest BCUT2D eigenvalue weighted by Crippen LogP contribution is 2.31. The van der Waals surface area contributed by atoms with E-state index in [4.69, 9.17) is 0 Å². The molecule has 0 aliphatic carbocycles. The van der Waals surface area contributed by atoms with E-state index in [9.17, 15) is 4.79 Å². The summed E-state index contributed by atoms with van der Waals surface area (Å²) in [6.07, 6.45) is 0. The second-order valence-electron chi connectivity index (χ2n) is 8.63. The predicted octanol–water partition coefficient (Wildman–Crippen LogP) is 6.36. The predicted molar refractivity (Wildman–Crippen MR) is 141 cm³/mol. The molecule has 0 fully saturated rings. The molecule has 1 amide bonds. The fraction of sp³-hybridized carbons (Fsp3) is 0.231. The SMILES string of the molecule is Cc1ccc(-c2csc(NC(=O)C(C)Sc3nnc4cc(C)c5cc(C)cc(C)c5n34)n2)cc1. The average Bonchev–Trinajstić information content (AvgIpc) is 3.41. The molecule has 0 aliphatic rings. The molecule has 1 N–H and O–H groups in total. The number of amides is 1. The van der Waals surface area contributed by atoms with Crippen LogP contribution in [0.1, 0.15) is 29.2 Å². The van der Waals surface area contributed by atoms with E-state index in [1.54, 1.807) is 0 Å². The molecule has 0 radical (unpaired) electrons. The van der Waals surface area contributed by atoms with Crippen molar-refractivity contribution in [3.63, 3.8) is 0 Å². The summed E-state index contributed by atoms with van der Waals surface area (Å²) < 4.78 is 2.06. The van der Waals surface area contributed by atoms with Crippen LogP contribution in [0.4, 0.5) is 5.13 Å². The number of carbonyl (C=O) groups excluding carboxylic acids is 1. The van der Waals surface area contributed by atoms with E-state index in [1.807, 2.05) is 30.5 Å². The molecule has 0 aliphatic heterocycles. The van der Waals surface area contributed by atoms with Gasteiger partial charge in [-0.05, 0) is 57.9 Å². The molecule has 1 unspecified atom stereocenters. The summed E-state index contributed by atoms with van der Waals surface area (Å²) in [5.41, 5.74) is 8.51. The zero-order valence-corrected chi connectivity index (χ0v) is 21.3. The lowest BCUT2D eigenvalue weighted by molar-refractivity contribution is -0.115. The third-order valence-corrected chi connectivity index (χ3v) is 7.63. The van der Waals surface area contributed by atoms with E-state index in [-0.39, 0.29) is 11.2 Å². The molecule has 0 saturated carbocycles. The Morgan fingerprint density at radius 2 is 1.76 bits per heavy atom. The standard InChI is InChI=1S/C26H25N5OS2/c1-14-6-8-19(9-7-14)21-13-33-25(27-21)28-24(32)18(5)34-26-30-29-22-12-16(3)20-11-15(2)10-17(4)23(20)31(22)26/h6-13,18H,1-5H3,(H,27,28,32). The highest BCUT2D eigenvalue weighted by Gasteiger charge is 2.21. The fourth-order valence-corrected chi connectivity index (χ4v) is 5.68. The van der Waals surface area contributed by atoms with Crippen molar-refractivity contribution in [3.05, 3.63) is 70.1 Å². The summed E-state index contributed by atoms with van der Waals surface area (Å²) in [5.74, 6) is -0.115. The summed E-state index contributed by atoms with van der Waals surface area (Å²) in [7, 11) is 0. The molecule has 1 atom stereocenters. The number of nitrogens with one attached hydrogen (secondary N) is 1. The fourth-order valence-electron chi connectivity index (χ4n) is 4.10. The maximum Gasteiger partial charge on any atom is 0.239 e. The van der Waals surface area contributed by atoms with Gasteiger partial charge in [-0.15, -0.1) is 21.5 Å². The van der Waals surface area contributed by atoms with Gasteiger partial charge >= 0.3 is 0 Å². The topological polar surface area (TPSA) is 72.2 Å². The molecule has 172 valence electrons. The van der Waals surface area contributed by atoms with Gasteiger partial charge in [-0.3, -0.25) is 9.20 Å². The normalized spacial score (nSPS) is 12.4. The first-order valence-corrected chi connectivity index (χ1v) is 12.8. The van der Waals surface area contributed by atoms with Gasteiger partial charge in [-0.25, -0.2) is 4.98 Å². The van der Waals surface area contributed by atoms with Gasteiger partial charge in [0, 0.05) is 16.3 Å². The van der Waals surface area contributed by atoms with Crippen LogP contribution >= 0.6 is 23.1 Å². The van der Waals surface area contributed by atoms with Crippen LogP contribution in [0.5, 0.6) is 0 Å². The minimum atomic E-state index is -0.374. The molecule has 0 saturated heterocycles. The molecular weight excluding hydrogens is 462 g/mol. The van der Waals surface area contributed by atoms with Crippen molar-refractivity contribution >= 4 is 50.7 Å². The number of fused-ring (bicyclic) bond motifs is 3. The lowest BCUT2D eigenvalue weighted by Gasteiger charge is -2.13. The smallest absolute Gasteiger partial charge is 0.239 e. The van der Waals surface area contributed by atoms with Gasteiger partial charge in [0.25, 0.3) is 0 Å². The number of hydrogen-bond donors (Lipinski definition) is 1. The van der Waals surface area contributed by atoms with Crippen molar-refractivity contribution in [1.82, 2.24) is 19.6 Å². The summed E-state index contributed by atoms with van der Waals surface area (Å²) in [4.78, 5) is 17.6. The van der Waals surface area contributed by atoms with Gasteiger partial charge in [0.05, 0.1) is 16.5 Å². The van der Waals surface area contributed by atoms with Crippen molar-refractivity contribution in [2.24, 2.45) is 0 Å². The molecule has 2 aromatic carbocycles. The van der Waals surface area contributed by atoms with Crippen molar-refractivity contribution in [3.8, 4) is 11.3 Å². The molecular formula is C26H25N5OS2. The van der Waals surface area contributed by atoms with Crippen LogP contribution < -0.4 is 5.32 Å².